The van der Waals surface area contributed by atoms with Gasteiger partial charge in [-0.3, -0.25) is 9.78 Å². The van der Waals surface area contributed by atoms with Gasteiger partial charge in [-0.15, -0.1) is 0 Å². The van der Waals surface area contributed by atoms with Crippen LogP contribution in [-0.4, -0.2) is 14.8 Å². The van der Waals surface area contributed by atoms with Crippen molar-refractivity contribution in [2.45, 2.75) is 25.2 Å². The molecule has 1 aromatic heterocycles. The molecule has 1 N–H and O–H groups in total. The van der Waals surface area contributed by atoms with Crippen molar-refractivity contribution >= 4 is 12.2 Å². The van der Waals surface area contributed by atoms with E-state index in [1.54, 1.807) is 4.68 Å². The Balaban J connectivity index is 2.47. The minimum atomic E-state index is 0.300. The average molecular weight is 169 g/mol. The highest BCUT2D eigenvalue weighted by atomic mass is 32.1. The molecule has 1 aliphatic rings. The van der Waals surface area contributed by atoms with Gasteiger partial charge in [0, 0.05) is 12.5 Å². The maximum atomic E-state index is 4.99. The number of aromatic nitrogens is 3. The zero-order valence-corrected chi connectivity index (χ0v) is 7.53. The summed E-state index contributed by atoms with van der Waals surface area (Å²) >= 11 is 4.99. The Hall–Kier alpha value is -0.640. The summed E-state index contributed by atoms with van der Waals surface area (Å²) in [6, 6.07) is 0. The van der Waals surface area contributed by atoms with Crippen LogP contribution < -0.4 is 0 Å². The molecule has 0 bridgehead atoms. The molecule has 0 atom stereocenters. The number of rotatable bonds is 1. The fourth-order valence-corrected chi connectivity index (χ4v) is 1.23. The van der Waals surface area contributed by atoms with E-state index in [9.17, 15) is 0 Å². The van der Waals surface area contributed by atoms with Gasteiger partial charge < -0.3 is 0 Å². The number of nitrogens with zero attached hydrogens (tertiary/aromatic N) is 2. The number of aromatic amines is 1. The van der Waals surface area contributed by atoms with Crippen molar-refractivity contribution < 1.29 is 0 Å². The molecule has 0 aromatic carbocycles. The standard InChI is InChI=1S/C7H11N3S/c1-7(3-4-7)5-8-6(11)10(2)9-5/h3-4H2,1-2H3,(H,8,9,11). The highest BCUT2D eigenvalue weighted by Crippen LogP contribution is 2.45. The van der Waals surface area contributed by atoms with E-state index in [-0.39, 0.29) is 0 Å². The smallest absolute Gasteiger partial charge is 0.215 e. The zero-order valence-electron chi connectivity index (χ0n) is 6.72. The first-order valence-corrected chi connectivity index (χ1v) is 4.16. The molecule has 0 unspecified atom stereocenters. The zero-order chi connectivity index (χ0) is 8.06. The first kappa shape index (κ1) is 7.03. The number of H-pyrrole nitrogens is 1. The Morgan fingerprint density at radius 1 is 1.64 bits per heavy atom. The Bertz CT molecular complexity index is 332. The molecule has 4 heteroatoms. The summed E-state index contributed by atoms with van der Waals surface area (Å²) in [5.41, 5.74) is 0.300. The molecule has 3 nitrogen and oxygen atoms in total. The van der Waals surface area contributed by atoms with Gasteiger partial charge in [0.1, 0.15) is 5.82 Å². The SMILES string of the molecule is Cn1[nH]c(C2(C)CC2)nc1=S. The van der Waals surface area contributed by atoms with Gasteiger partial charge in [0.2, 0.25) is 4.77 Å². The van der Waals surface area contributed by atoms with Crippen molar-refractivity contribution in [1.82, 2.24) is 14.8 Å². The minimum Gasteiger partial charge on any atom is -0.283 e. The van der Waals surface area contributed by atoms with Gasteiger partial charge in [0.15, 0.2) is 0 Å². The van der Waals surface area contributed by atoms with Gasteiger partial charge in [-0.05, 0) is 25.1 Å². The third-order valence-corrected chi connectivity index (χ3v) is 2.70. The summed E-state index contributed by atoms with van der Waals surface area (Å²) in [4.78, 5) is 4.27. The third kappa shape index (κ3) is 1.01. The fraction of sp³-hybridized carbons (Fsp3) is 0.714. The Labute approximate surface area is 70.4 Å². The van der Waals surface area contributed by atoms with Gasteiger partial charge in [-0.25, -0.2) is 4.98 Å². The summed E-state index contributed by atoms with van der Waals surface area (Å²) in [7, 11) is 1.89. The molecule has 0 saturated heterocycles. The minimum absolute atomic E-state index is 0.300. The molecule has 0 spiro atoms. The number of nitrogens with one attached hydrogen (secondary N) is 1. The molecule has 1 fully saturated rings. The second kappa shape index (κ2) is 1.94. The summed E-state index contributed by atoms with van der Waals surface area (Å²) in [6.45, 7) is 2.21. The molecule has 0 amide bonds. The predicted molar refractivity (Wildman–Crippen MR) is 45.0 cm³/mol. The van der Waals surface area contributed by atoms with E-state index in [2.05, 4.69) is 17.0 Å². The van der Waals surface area contributed by atoms with Crippen molar-refractivity contribution in [3.8, 4) is 0 Å². The van der Waals surface area contributed by atoms with Crippen LogP contribution in [0.1, 0.15) is 25.6 Å². The summed E-state index contributed by atoms with van der Waals surface area (Å²) in [6.07, 6.45) is 2.46. The molecule has 2 rings (SSSR count). The van der Waals surface area contributed by atoms with E-state index in [4.69, 9.17) is 12.2 Å². The molecule has 1 heterocycles. The van der Waals surface area contributed by atoms with Gasteiger partial charge >= 0.3 is 0 Å². The lowest BCUT2D eigenvalue weighted by molar-refractivity contribution is 0.671. The first-order chi connectivity index (χ1) is 5.12. The van der Waals surface area contributed by atoms with E-state index in [0.717, 1.165) is 5.82 Å². The predicted octanol–water partition coefficient (Wildman–Crippen LogP) is 1.53. The molecule has 1 saturated carbocycles. The van der Waals surface area contributed by atoms with Crippen LogP contribution in [0.3, 0.4) is 0 Å². The van der Waals surface area contributed by atoms with Crippen molar-refractivity contribution in [1.29, 1.82) is 0 Å². The highest BCUT2D eigenvalue weighted by Gasteiger charge is 2.42. The second-order valence-electron chi connectivity index (χ2n) is 3.47. The van der Waals surface area contributed by atoms with Crippen LogP contribution in [-0.2, 0) is 12.5 Å². The maximum Gasteiger partial charge on any atom is 0.215 e. The van der Waals surface area contributed by atoms with Gasteiger partial charge in [0.25, 0.3) is 0 Å². The number of hydrogen-bond acceptors (Lipinski definition) is 2. The second-order valence-corrected chi connectivity index (χ2v) is 3.84. The maximum absolute atomic E-state index is 4.99. The highest BCUT2D eigenvalue weighted by molar-refractivity contribution is 7.71. The quantitative estimate of drug-likeness (QED) is 0.647. The van der Waals surface area contributed by atoms with E-state index >= 15 is 0 Å². The Morgan fingerprint density at radius 3 is 2.64 bits per heavy atom. The van der Waals surface area contributed by atoms with Crippen molar-refractivity contribution in [2.24, 2.45) is 7.05 Å². The lowest BCUT2D eigenvalue weighted by Gasteiger charge is -2.00. The summed E-state index contributed by atoms with van der Waals surface area (Å²) in [5.74, 6) is 1.05. The van der Waals surface area contributed by atoms with Crippen LogP contribution >= 0.6 is 12.2 Å². The summed E-state index contributed by atoms with van der Waals surface area (Å²) in [5, 5.41) is 3.15. The molecule has 1 aliphatic carbocycles. The van der Waals surface area contributed by atoms with E-state index in [0.29, 0.717) is 10.2 Å². The van der Waals surface area contributed by atoms with Crippen molar-refractivity contribution in [3.05, 3.63) is 10.6 Å². The van der Waals surface area contributed by atoms with Crippen LogP contribution in [0.15, 0.2) is 0 Å². The van der Waals surface area contributed by atoms with Crippen molar-refractivity contribution in [3.63, 3.8) is 0 Å². The Morgan fingerprint density at radius 2 is 2.27 bits per heavy atom. The van der Waals surface area contributed by atoms with Gasteiger partial charge in [-0.1, -0.05) is 6.92 Å². The fourth-order valence-electron chi connectivity index (χ4n) is 1.10. The number of aryl methyl sites for hydroxylation is 1. The van der Waals surface area contributed by atoms with Crippen LogP contribution in [0.5, 0.6) is 0 Å². The monoisotopic (exact) mass is 169 g/mol. The van der Waals surface area contributed by atoms with Crippen LogP contribution in [0.4, 0.5) is 0 Å². The average Bonchev–Trinajstić information content (AvgIpc) is 2.59. The Kier molecular flexibility index (Phi) is 1.24. The van der Waals surface area contributed by atoms with Crippen LogP contribution in [0.25, 0.3) is 0 Å². The first-order valence-electron chi connectivity index (χ1n) is 3.75. The number of hydrogen-bond donors (Lipinski definition) is 1. The van der Waals surface area contributed by atoms with E-state index in [1.165, 1.54) is 12.8 Å². The largest absolute Gasteiger partial charge is 0.283 e. The lowest BCUT2D eigenvalue weighted by atomic mass is 10.1. The molecular weight excluding hydrogens is 158 g/mol. The van der Waals surface area contributed by atoms with Gasteiger partial charge in [-0.2, -0.15) is 0 Å². The molecule has 1 aromatic rings. The van der Waals surface area contributed by atoms with Crippen LogP contribution in [0.2, 0.25) is 0 Å². The molecule has 0 radical (unpaired) electrons. The topological polar surface area (TPSA) is 33.6 Å². The van der Waals surface area contributed by atoms with Crippen molar-refractivity contribution in [2.75, 3.05) is 0 Å². The van der Waals surface area contributed by atoms with Gasteiger partial charge in [0.05, 0.1) is 0 Å². The molecule has 11 heavy (non-hydrogen) atoms. The molecular formula is C7H11N3S. The van der Waals surface area contributed by atoms with E-state index in [1.807, 2.05) is 7.05 Å². The van der Waals surface area contributed by atoms with Crippen LogP contribution in [0, 0.1) is 4.77 Å². The third-order valence-electron chi connectivity index (χ3n) is 2.34. The van der Waals surface area contributed by atoms with E-state index < -0.39 is 0 Å². The summed E-state index contributed by atoms with van der Waals surface area (Å²) < 4.78 is 2.43. The lowest BCUT2D eigenvalue weighted by Crippen LogP contribution is -2.03. The molecule has 60 valence electrons. The molecule has 0 aliphatic heterocycles. The normalized spacial score (nSPS) is 20.2.